The number of nitrogens with zero attached hydrogens (tertiary/aromatic N) is 1. The van der Waals surface area contributed by atoms with E-state index in [2.05, 4.69) is 0 Å². The fourth-order valence-corrected chi connectivity index (χ4v) is 3.11. The maximum Gasteiger partial charge on any atom is 0.251 e. The van der Waals surface area contributed by atoms with E-state index in [-0.39, 0.29) is 49.8 Å². The van der Waals surface area contributed by atoms with Gasteiger partial charge in [0.15, 0.2) is 11.6 Å². The molecule has 0 aromatic heterocycles. The van der Waals surface area contributed by atoms with Crippen LogP contribution in [0.25, 0.3) is 0 Å². The molecular weight excluding hydrogens is 316 g/mol. The van der Waals surface area contributed by atoms with Crippen molar-refractivity contribution in [1.82, 2.24) is 4.90 Å². The lowest BCUT2D eigenvalue weighted by atomic mass is 9.84. The van der Waals surface area contributed by atoms with E-state index in [1.807, 2.05) is 0 Å². The molecule has 1 aliphatic carbocycles. The maximum atomic E-state index is 13.1. The number of likely N-dealkylation sites (tertiary alicyclic amines) is 1. The fraction of sp³-hybridized carbons (Fsp3) is 0.611. The van der Waals surface area contributed by atoms with E-state index >= 15 is 0 Å². The first-order chi connectivity index (χ1) is 11.1. The first-order valence-electron chi connectivity index (χ1n) is 8.26. The Morgan fingerprint density at radius 2 is 1.54 bits per heavy atom. The van der Waals surface area contributed by atoms with E-state index in [4.69, 9.17) is 0 Å². The third-order valence-corrected chi connectivity index (χ3v) is 4.98. The molecule has 1 fully saturated rings. The summed E-state index contributed by atoms with van der Waals surface area (Å²) in [5, 5.41) is 0. The molecule has 0 bridgehead atoms. The molecule has 2 aliphatic rings. The van der Waals surface area contributed by atoms with Crippen molar-refractivity contribution in [2.24, 2.45) is 0 Å². The number of carbonyl (C=O) groups excluding carboxylic acids is 3. The topological polar surface area (TPSA) is 54.5 Å². The van der Waals surface area contributed by atoms with Crippen LogP contribution < -0.4 is 0 Å². The Morgan fingerprint density at radius 1 is 1.00 bits per heavy atom. The third-order valence-electron chi connectivity index (χ3n) is 4.98. The van der Waals surface area contributed by atoms with Gasteiger partial charge in [-0.2, -0.15) is 0 Å². The van der Waals surface area contributed by atoms with Crippen LogP contribution in [0.5, 0.6) is 0 Å². The molecular formula is C18H23F2NO3. The van der Waals surface area contributed by atoms with Crippen LogP contribution in [-0.4, -0.2) is 41.4 Å². The summed E-state index contributed by atoms with van der Waals surface area (Å²) in [5.41, 5.74) is 1.87. The molecule has 1 heterocycles. The third kappa shape index (κ3) is 3.79. The number of hydrogen-bond acceptors (Lipinski definition) is 3. The average molecular weight is 339 g/mol. The smallest absolute Gasteiger partial charge is 0.251 e. The second-order valence-corrected chi connectivity index (χ2v) is 6.60. The highest BCUT2D eigenvalue weighted by molar-refractivity contribution is 6.24. The maximum absolute atomic E-state index is 13.1. The Labute approximate surface area is 140 Å². The van der Waals surface area contributed by atoms with Crippen molar-refractivity contribution in [3.05, 3.63) is 22.3 Å². The number of halogens is 2. The van der Waals surface area contributed by atoms with Crippen molar-refractivity contribution in [2.75, 3.05) is 13.1 Å². The normalized spacial score (nSPS) is 21.6. The van der Waals surface area contributed by atoms with Gasteiger partial charge in [-0.25, -0.2) is 8.78 Å². The van der Waals surface area contributed by atoms with Crippen molar-refractivity contribution < 1.29 is 23.2 Å². The molecule has 0 unspecified atom stereocenters. The zero-order valence-electron chi connectivity index (χ0n) is 14.4. The van der Waals surface area contributed by atoms with E-state index in [0.717, 1.165) is 0 Å². The average Bonchev–Trinajstić information content (AvgIpc) is 2.54. The van der Waals surface area contributed by atoms with Crippen LogP contribution >= 0.6 is 0 Å². The number of piperidine rings is 1. The number of ketones is 2. The van der Waals surface area contributed by atoms with Gasteiger partial charge < -0.3 is 4.90 Å². The van der Waals surface area contributed by atoms with Gasteiger partial charge in [-0.05, 0) is 33.6 Å². The number of alkyl halides is 2. The van der Waals surface area contributed by atoms with Crippen LogP contribution in [-0.2, 0) is 14.4 Å². The molecule has 4 nitrogen and oxygen atoms in total. The number of carbonyl (C=O) groups is 3. The van der Waals surface area contributed by atoms with E-state index in [9.17, 15) is 23.2 Å². The zero-order valence-corrected chi connectivity index (χ0v) is 14.4. The number of amides is 1. The lowest BCUT2D eigenvalue weighted by Crippen LogP contribution is -2.42. The zero-order chi connectivity index (χ0) is 18.1. The van der Waals surface area contributed by atoms with Crippen molar-refractivity contribution in [1.29, 1.82) is 0 Å². The predicted molar refractivity (Wildman–Crippen MR) is 85.7 cm³/mol. The molecule has 1 aliphatic heterocycles. The van der Waals surface area contributed by atoms with Gasteiger partial charge in [0.1, 0.15) is 0 Å². The lowest BCUT2D eigenvalue weighted by molar-refractivity contribution is -0.137. The van der Waals surface area contributed by atoms with Crippen molar-refractivity contribution >= 4 is 17.5 Å². The Hall–Kier alpha value is -1.85. The molecule has 132 valence electrons. The van der Waals surface area contributed by atoms with Gasteiger partial charge in [-0.3, -0.25) is 14.4 Å². The summed E-state index contributed by atoms with van der Waals surface area (Å²) >= 11 is 0. The fourth-order valence-electron chi connectivity index (χ4n) is 3.11. The van der Waals surface area contributed by atoms with Gasteiger partial charge in [0.25, 0.3) is 5.92 Å². The van der Waals surface area contributed by atoms with E-state index in [1.54, 1.807) is 20.8 Å². The van der Waals surface area contributed by atoms with Gasteiger partial charge >= 0.3 is 0 Å². The SMILES string of the molecule is CC1=C(C)C(=O)C(CCCC(=O)N2CCC(F)(F)CC2)=C(C)C1=O. The Balaban J connectivity index is 1.89. The van der Waals surface area contributed by atoms with Gasteiger partial charge in [0.05, 0.1) is 0 Å². The highest BCUT2D eigenvalue weighted by atomic mass is 19.3. The summed E-state index contributed by atoms with van der Waals surface area (Å²) in [6.07, 6.45) is 0.407. The summed E-state index contributed by atoms with van der Waals surface area (Å²) < 4.78 is 26.2. The lowest BCUT2D eigenvalue weighted by Gasteiger charge is -2.31. The molecule has 0 atom stereocenters. The second-order valence-electron chi connectivity index (χ2n) is 6.60. The summed E-state index contributed by atoms with van der Waals surface area (Å²) in [5.74, 6) is -3.09. The predicted octanol–water partition coefficient (Wildman–Crippen LogP) is 3.22. The number of allylic oxidation sites excluding steroid dienone is 4. The van der Waals surface area contributed by atoms with Gasteiger partial charge in [0, 0.05) is 54.6 Å². The van der Waals surface area contributed by atoms with Crippen molar-refractivity contribution in [3.8, 4) is 0 Å². The molecule has 0 aromatic carbocycles. The molecule has 0 saturated carbocycles. The summed E-state index contributed by atoms with van der Waals surface area (Å²) in [4.78, 5) is 37.9. The molecule has 2 rings (SSSR count). The Kier molecular flexibility index (Phi) is 5.35. The molecule has 1 saturated heterocycles. The van der Waals surface area contributed by atoms with Crippen molar-refractivity contribution in [2.45, 2.75) is 58.8 Å². The van der Waals surface area contributed by atoms with E-state index in [1.165, 1.54) is 4.90 Å². The molecule has 0 N–H and O–H groups in total. The summed E-state index contributed by atoms with van der Waals surface area (Å²) in [6.45, 7) is 5.07. The van der Waals surface area contributed by atoms with E-state index < -0.39 is 5.92 Å². The first-order valence-corrected chi connectivity index (χ1v) is 8.26. The molecule has 0 aromatic rings. The minimum absolute atomic E-state index is 0.0754. The molecule has 0 radical (unpaired) electrons. The van der Waals surface area contributed by atoms with Crippen LogP contribution in [0.2, 0.25) is 0 Å². The van der Waals surface area contributed by atoms with E-state index in [0.29, 0.717) is 35.1 Å². The van der Waals surface area contributed by atoms with Crippen LogP contribution in [0.1, 0.15) is 52.9 Å². The highest BCUT2D eigenvalue weighted by Gasteiger charge is 2.35. The van der Waals surface area contributed by atoms with Gasteiger partial charge in [-0.1, -0.05) is 0 Å². The number of hydrogen-bond donors (Lipinski definition) is 0. The second kappa shape index (κ2) is 6.95. The quantitative estimate of drug-likeness (QED) is 0.739. The van der Waals surface area contributed by atoms with Crippen LogP contribution in [0.3, 0.4) is 0 Å². The summed E-state index contributed by atoms with van der Waals surface area (Å²) in [7, 11) is 0. The molecule has 1 amide bonds. The number of rotatable bonds is 4. The minimum Gasteiger partial charge on any atom is -0.342 e. The Morgan fingerprint density at radius 3 is 2.12 bits per heavy atom. The monoisotopic (exact) mass is 339 g/mol. The molecule has 24 heavy (non-hydrogen) atoms. The van der Waals surface area contributed by atoms with Crippen LogP contribution in [0.4, 0.5) is 8.78 Å². The first kappa shape index (κ1) is 18.5. The Bertz CT molecular complexity index is 637. The number of Topliss-reactive ketones (excluding diaryl/α,β-unsaturated/α-hetero) is 2. The largest absolute Gasteiger partial charge is 0.342 e. The molecule has 6 heteroatoms. The van der Waals surface area contributed by atoms with Crippen molar-refractivity contribution in [3.63, 3.8) is 0 Å². The molecule has 0 spiro atoms. The van der Waals surface area contributed by atoms with Crippen LogP contribution in [0, 0.1) is 0 Å². The van der Waals surface area contributed by atoms with Gasteiger partial charge in [0.2, 0.25) is 5.91 Å². The standard InChI is InChI=1S/C18H23F2NO3/c1-11-12(2)17(24)14(13(3)16(11)23)5-4-6-15(22)21-9-7-18(19,20)8-10-21/h4-10H2,1-3H3. The van der Waals surface area contributed by atoms with Gasteiger partial charge in [-0.15, -0.1) is 0 Å². The minimum atomic E-state index is -2.67. The summed E-state index contributed by atoms with van der Waals surface area (Å²) in [6, 6.07) is 0. The highest BCUT2D eigenvalue weighted by Crippen LogP contribution is 2.29. The van der Waals surface area contributed by atoms with Crippen LogP contribution in [0.15, 0.2) is 22.3 Å².